The number of thioether (sulfide) groups is 1. The first-order valence-electron chi connectivity index (χ1n) is 10.3. The predicted molar refractivity (Wildman–Crippen MR) is 114 cm³/mol. The molecule has 0 saturated carbocycles. The number of benzene rings is 1. The number of nitrogens with one attached hydrogen (secondary N) is 1. The second-order valence-electron chi connectivity index (χ2n) is 8.06. The minimum atomic E-state index is -0.102. The quantitative estimate of drug-likeness (QED) is 0.828. The van der Waals surface area contributed by atoms with E-state index in [1.807, 2.05) is 21.6 Å². The van der Waals surface area contributed by atoms with Gasteiger partial charge in [0.05, 0.1) is 11.9 Å². The number of carbonyl (C=O) groups excluding carboxylic acids is 2. The highest BCUT2D eigenvalue weighted by Crippen LogP contribution is 2.24. The van der Waals surface area contributed by atoms with Crippen molar-refractivity contribution in [1.82, 2.24) is 15.1 Å². The number of para-hydroxylation sites is 1. The molecule has 0 aliphatic carbocycles. The van der Waals surface area contributed by atoms with Crippen molar-refractivity contribution in [3.8, 4) is 0 Å². The number of nitrogens with zero attached hydrogens (tertiary/aromatic N) is 3. The lowest BCUT2D eigenvalue weighted by molar-refractivity contribution is -0.133. The van der Waals surface area contributed by atoms with Gasteiger partial charge in [0.1, 0.15) is 0 Å². The minimum Gasteiger partial charge on any atom is -0.368 e. The van der Waals surface area contributed by atoms with Gasteiger partial charge >= 0.3 is 0 Å². The number of amides is 2. The Hall–Kier alpha value is -1.73. The smallest absolute Gasteiger partial charge is 0.240 e. The Kier molecular flexibility index (Phi) is 6.11. The van der Waals surface area contributed by atoms with Gasteiger partial charge < -0.3 is 20.0 Å². The van der Waals surface area contributed by atoms with Gasteiger partial charge in [-0.3, -0.25) is 9.59 Å². The van der Waals surface area contributed by atoms with Crippen molar-refractivity contribution in [1.29, 1.82) is 0 Å². The zero-order chi connectivity index (χ0) is 19.5. The molecule has 2 atom stereocenters. The van der Waals surface area contributed by atoms with Crippen LogP contribution in [0.2, 0.25) is 0 Å². The summed E-state index contributed by atoms with van der Waals surface area (Å²) < 4.78 is 0. The average Bonchev–Trinajstić information content (AvgIpc) is 3.40. The fourth-order valence-electron chi connectivity index (χ4n) is 4.45. The number of carbonyl (C=O) groups is 2. The van der Waals surface area contributed by atoms with Crippen molar-refractivity contribution in [3.05, 3.63) is 29.8 Å². The average molecular weight is 403 g/mol. The van der Waals surface area contributed by atoms with Gasteiger partial charge in [-0.05, 0) is 37.4 Å². The van der Waals surface area contributed by atoms with Gasteiger partial charge in [-0.25, -0.2) is 0 Å². The highest BCUT2D eigenvalue weighted by Gasteiger charge is 2.35. The molecule has 3 fully saturated rings. The lowest BCUT2D eigenvalue weighted by Crippen LogP contribution is -2.49. The Morgan fingerprint density at radius 1 is 1.11 bits per heavy atom. The Balaban J connectivity index is 1.24. The van der Waals surface area contributed by atoms with Crippen LogP contribution in [0.1, 0.15) is 18.4 Å². The second-order valence-corrected chi connectivity index (χ2v) is 9.13. The molecule has 28 heavy (non-hydrogen) atoms. The third-order valence-corrected chi connectivity index (χ3v) is 7.10. The third kappa shape index (κ3) is 4.30. The number of anilines is 1. The number of hydrogen-bond acceptors (Lipinski definition) is 5. The summed E-state index contributed by atoms with van der Waals surface area (Å²) in [5.41, 5.74) is 2.56. The van der Waals surface area contributed by atoms with Gasteiger partial charge in [-0.2, -0.15) is 0 Å². The van der Waals surface area contributed by atoms with Gasteiger partial charge in [-0.1, -0.05) is 18.2 Å². The summed E-state index contributed by atoms with van der Waals surface area (Å²) in [5, 5.41) is 3.35. The lowest BCUT2D eigenvalue weighted by Gasteiger charge is -2.37. The van der Waals surface area contributed by atoms with E-state index in [0.717, 1.165) is 57.3 Å². The third-order valence-electron chi connectivity index (χ3n) is 6.14. The molecule has 0 spiro atoms. The Bertz CT molecular complexity index is 714. The van der Waals surface area contributed by atoms with Crippen LogP contribution in [-0.4, -0.2) is 78.6 Å². The molecule has 152 valence electrons. The molecule has 0 bridgehead atoms. The number of rotatable bonds is 4. The molecule has 6 nitrogen and oxygen atoms in total. The van der Waals surface area contributed by atoms with Crippen molar-refractivity contribution in [2.45, 2.75) is 25.8 Å². The van der Waals surface area contributed by atoms with Crippen molar-refractivity contribution >= 4 is 29.3 Å². The molecule has 4 rings (SSSR count). The highest BCUT2D eigenvalue weighted by molar-refractivity contribution is 7.99. The monoisotopic (exact) mass is 402 g/mol. The zero-order valence-corrected chi connectivity index (χ0v) is 17.4. The van der Waals surface area contributed by atoms with E-state index >= 15 is 0 Å². The van der Waals surface area contributed by atoms with Crippen molar-refractivity contribution < 1.29 is 9.59 Å². The Morgan fingerprint density at radius 2 is 1.89 bits per heavy atom. The number of piperazine rings is 1. The molecule has 3 saturated heterocycles. The van der Waals surface area contributed by atoms with E-state index in [-0.39, 0.29) is 23.8 Å². The van der Waals surface area contributed by atoms with E-state index in [1.54, 1.807) is 0 Å². The molecule has 1 aromatic carbocycles. The van der Waals surface area contributed by atoms with Crippen LogP contribution >= 0.6 is 11.8 Å². The summed E-state index contributed by atoms with van der Waals surface area (Å²) in [4.78, 5) is 31.6. The first kappa shape index (κ1) is 19.6. The standard InChI is InChI=1S/C21H30N4O2S/c1-16-4-2-3-5-19(16)23-6-8-24(9-7-23)20(26)13-17-12-18(22-14-17)21(27)25-10-11-28-15-25/h2-5,17-18,22H,6-15H2,1H3/t17?,18-/m0/s1. The maximum Gasteiger partial charge on any atom is 0.240 e. The van der Waals surface area contributed by atoms with E-state index in [9.17, 15) is 9.59 Å². The summed E-state index contributed by atoms with van der Waals surface area (Å²) >= 11 is 1.81. The fraction of sp³-hybridized carbons (Fsp3) is 0.619. The molecule has 3 aliphatic rings. The summed E-state index contributed by atoms with van der Waals surface area (Å²) in [7, 11) is 0. The van der Waals surface area contributed by atoms with Gasteiger partial charge in [0, 0.05) is 50.6 Å². The van der Waals surface area contributed by atoms with E-state index in [0.29, 0.717) is 6.42 Å². The first-order chi connectivity index (χ1) is 13.6. The first-order valence-corrected chi connectivity index (χ1v) is 11.5. The summed E-state index contributed by atoms with van der Waals surface area (Å²) in [6, 6.07) is 8.33. The van der Waals surface area contributed by atoms with E-state index in [2.05, 4.69) is 41.4 Å². The topological polar surface area (TPSA) is 55.9 Å². The number of hydrogen-bond donors (Lipinski definition) is 1. The molecule has 7 heteroatoms. The van der Waals surface area contributed by atoms with Gasteiger partial charge in [0.15, 0.2) is 0 Å². The highest BCUT2D eigenvalue weighted by atomic mass is 32.2. The van der Waals surface area contributed by atoms with Crippen LogP contribution in [0.25, 0.3) is 0 Å². The van der Waals surface area contributed by atoms with Crippen molar-refractivity contribution in [3.63, 3.8) is 0 Å². The van der Waals surface area contributed by atoms with Crippen molar-refractivity contribution in [2.24, 2.45) is 5.92 Å². The SMILES string of the molecule is Cc1ccccc1N1CCN(C(=O)CC2CN[C@H](C(=O)N3CCSC3)C2)CC1. The van der Waals surface area contributed by atoms with Gasteiger partial charge in [0.2, 0.25) is 11.8 Å². The number of aryl methyl sites for hydroxylation is 1. The van der Waals surface area contributed by atoms with E-state index in [4.69, 9.17) is 0 Å². The largest absolute Gasteiger partial charge is 0.368 e. The van der Waals surface area contributed by atoms with Crippen LogP contribution < -0.4 is 10.2 Å². The molecular weight excluding hydrogens is 372 g/mol. The van der Waals surface area contributed by atoms with E-state index < -0.39 is 0 Å². The molecule has 0 radical (unpaired) electrons. The molecule has 3 heterocycles. The van der Waals surface area contributed by atoms with Gasteiger partial charge in [-0.15, -0.1) is 11.8 Å². The molecule has 1 unspecified atom stereocenters. The molecular formula is C21H30N4O2S. The second kappa shape index (κ2) is 8.74. The van der Waals surface area contributed by atoms with Gasteiger partial charge in [0.25, 0.3) is 0 Å². The predicted octanol–water partition coefficient (Wildman–Crippen LogP) is 1.54. The summed E-state index contributed by atoms with van der Waals surface area (Å²) in [6.07, 6.45) is 1.34. The zero-order valence-electron chi connectivity index (χ0n) is 16.6. The molecule has 1 N–H and O–H groups in total. The fourth-order valence-corrected chi connectivity index (χ4v) is 5.41. The van der Waals surface area contributed by atoms with Crippen molar-refractivity contribution in [2.75, 3.05) is 55.8 Å². The minimum absolute atomic E-state index is 0.102. The van der Waals surface area contributed by atoms with Crippen LogP contribution in [0.5, 0.6) is 0 Å². The van der Waals surface area contributed by atoms with Crippen LogP contribution in [0.3, 0.4) is 0 Å². The summed E-state index contributed by atoms with van der Waals surface area (Å²) in [5.74, 6) is 2.57. The molecule has 2 amide bonds. The van der Waals surface area contributed by atoms with Crippen LogP contribution in [-0.2, 0) is 9.59 Å². The van der Waals surface area contributed by atoms with E-state index in [1.165, 1.54) is 11.3 Å². The molecule has 1 aromatic rings. The van der Waals surface area contributed by atoms with Crippen LogP contribution in [0, 0.1) is 12.8 Å². The molecule has 3 aliphatic heterocycles. The summed E-state index contributed by atoms with van der Waals surface area (Å²) in [6.45, 7) is 7.09. The molecule has 0 aromatic heterocycles. The lowest BCUT2D eigenvalue weighted by atomic mass is 10.00. The van der Waals surface area contributed by atoms with Crippen LogP contribution in [0.4, 0.5) is 5.69 Å². The maximum absolute atomic E-state index is 12.8. The normalized spacial score (nSPS) is 25.4. The van der Waals surface area contributed by atoms with Crippen LogP contribution in [0.15, 0.2) is 24.3 Å². The Labute approximate surface area is 171 Å². The maximum atomic E-state index is 12.8. The Morgan fingerprint density at radius 3 is 2.61 bits per heavy atom.